The van der Waals surface area contributed by atoms with Crippen molar-refractivity contribution in [3.8, 4) is 0 Å². The Balaban J connectivity index is 1.48. The Morgan fingerprint density at radius 2 is 2.12 bits per heavy atom. The molecule has 1 N–H and O–H groups in total. The van der Waals surface area contributed by atoms with E-state index in [1.165, 1.54) is 6.07 Å². The fourth-order valence-corrected chi connectivity index (χ4v) is 4.92. The lowest BCUT2D eigenvalue weighted by molar-refractivity contribution is 0.194. The molecule has 1 aromatic rings. The summed E-state index contributed by atoms with van der Waals surface area (Å²) < 4.78 is 25.6. The highest BCUT2D eigenvalue weighted by Crippen LogP contribution is 2.25. The third-order valence-electron chi connectivity index (χ3n) is 4.90. The Morgan fingerprint density at radius 1 is 1.32 bits per heavy atom. The minimum atomic E-state index is -0.823. The third-order valence-corrected chi connectivity index (χ3v) is 6.48. The lowest BCUT2D eigenvalue weighted by atomic mass is 10.1. The van der Waals surface area contributed by atoms with Gasteiger partial charge >= 0.3 is 6.03 Å². The summed E-state index contributed by atoms with van der Waals surface area (Å²) in [5, 5.41) is 3.01. The van der Waals surface area contributed by atoms with Crippen LogP contribution >= 0.6 is 0 Å². The molecule has 3 unspecified atom stereocenters. The van der Waals surface area contributed by atoms with Crippen LogP contribution in [0.2, 0.25) is 0 Å². The maximum Gasteiger partial charge on any atom is 0.317 e. The van der Waals surface area contributed by atoms with Crippen molar-refractivity contribution in [2.45, 2.75) is 13.3 Å². The number of nitrogens with one attached hydrogen (secondary N) is 1. The highest BCUT2D eigenvalue weighted by Gasteiger charge is 2.26. The van der Waals surface area contributed by atoms with Crippen molar-refractivity contribution in [1.29, 1.82) is 0 Å². The Kier molecular flexibility index (Phi) is 5.93. The van der Waals surface area contributed by atoms with Gasteiger partial charge in [-0.25, -0.2) is 9.18 Å². The van der Waals surface area contributed by atoms with Crippen LogP contribution in [0.1, 0.15) is 13.3 Å². The maximum atomic E-state index is 13.9. The molecule has 2 amide bonds. The molecule has 0 saturated carbocycles. The van der Waals surface area contributed by atoms with E-state index in [4.69, 9.17) is 0 Å². The van der Waals surface area contributed by atoms with Crippen molar-refractivity contribution in [3.05, 3.63) is 30.1 Å². The molecule has 0 radical (unpaired) electrons. The van der Waals surface area contributed by atoms with Crippen molar-refractivity contribution in [2.75, 3.05) is 49.1 Å². The quantitative estimate of drug-likeness (QED) is 0.890. The number of rotatable bonds is 3. The molecule has 0 spiro atoms. The van der Waals surface area contributed by atoms with Crippen LogP contribution in [0.3, 0.4) is 0 Å². The number of amides is 2. The fraction of sp³-hybridized carbons (Fsp3) is 0.611. The van der Waals surface area contributed by atoms with Crippen LogP contribution in [0.5, 0.6) is 0 Å². The summed E-state index contributed by atoms with van der Waals surface area (Å²) in [6.07, 6.45) is 0.940. The molecular formula is C18H26FN3O2S. The molecule has 138 valence electrons. The third kappa shape index (κ3) is 4.71. The number of carbonyl (C=O) groups is 1. The molecule has 25 heavy (non-hydrogen) atoms. The van der Waals surface area contributed by atoms with Gasteiger partial charge < -0.3 is 15.1 Å². The number of hydrogen-bond acceptors (Lipinski definition) is 3. The lowest BCUT2D eigenvalue weighted by Crippen LogP contribution is -2.44. The first-order valence-electron chi connectivity index (χ1n) is 8.90. The zero-order chi connectivity index (χ0) is 17.8. The summed E-state index contributed by atoms with van der Waals surface area (Å²) in [4.78, 5) is 16.2. The number of para-hydroxylation sites is 1. The maximum absolute atomic E-state index is 13.9. The summed E-state index contributed by atoms with van der Waals surface area (Å²) in [5.74, 6) is 1.62. The molecule has 3 rings (SSSR count). The fourth-order valence-electron chi connectivity index (χ4n) is 3.59. The Labute approximate surface area is 151 Å². The molecule has 2 heterocycles. The second-order valence-electron chi connectivity index (χ2n) is 7.10. The number of halogens is 1. The van der Waals surface area contributed by atoms with Gasteiger partial charge in [0.25, 0.3) is 0 Å². The summed E-state index contributed by atoms with van der Waals surface area (Å²) in [5.41, 5.74) is 0.639. The lowest BCUT2D eigenvalue weighted by Gasteiger charge is -2.24. The van der Waals surface area contributed by atoms with Gasteiger partial charge in [0.1, 0.15) is 5.82 Å². The van der Waals surface area contributed by atoms with Crippen LogP contribution in [0.15, 0.2) is 24.3 Å². The average molecular weight is 367 g/mol. The molecule has 2 aliphatic rings. The zero-order valence-corrected chi connectivity index (χ0v) is 15.4. The first kappa shape index (κ1) is 18.2. The van der Waals surface area contributed by atoms with Crippen LogP contribution < -0.4 is 10.2 Å². The number of hydrogen-bond donors (Lipinski definition) is 1. The Morgan fingerprint density at radius 3 is 2.92 bits per heavy atom. The molecule has 7 heteroatoms. The van der Waals surface area contributed by atoms with Gasteiger partial charge in [-0.3, -0.25) is 4.21 Å². The number of benzene rings is 1. The minimum absolute atomic E-state index is 0.0740. The van der Waals surface area contributed by atoms with E-state index >= 15 is 0 Å². The summed E-state index contributed by atoms with van der Waals surface area (Å²) in [6, 6.07) is 6.75. The summed E-state index contributed by atoms with van der Waals surface area (Å²) in [6.45, 7) is 5.39. The van der Waals surface area contributed by atoms with Gasteiger partial charge in [0.2, 0.25) is 0 Å². The van der Waals surface area contributed by atoms with Crippen LogP contribution in [0.4, 0.5) is 14.9 Å². The van der Waals surface area contributed by atoms with Gasteiger partial charge in [-0.15, -0.1) is 0 Å². The van der Waals surface area contributed by atoms with Gasteiger partial charge in [0.15, 0.2) is 0 Å². The summed E-state index contributed by atoms with van der Waals surface area (Å²) in [7, 11) is -0.823. The van der Waals surface area contributed by atoms with Crippen molar-refractivity contribution in [3.63, 3.8) is 0 Å². The molecule has 2 saturated heterocycles. The Bertz CT molecular complexity index is 643. The molecule has 3 atom stereocenters. The number of nitrogens with zero attached hydrogens (tertiary/aromatic N) is 2. The highest BCUT2D eigenvalue weighted by molar-refractivity contribution is 7.85. The van der Waals surface area contributed by atoms with Gasteiger partial charge in [-0.05, 0) is 30.4 Å². The van der Waals surface area contributed by atoms with E-state index in [2.05, 4.69) is 5.32 Å². The number of carbonyl (C=O) groups excluding carboxylic acids is 1. The monoisotopic (exact) mass is 367 g/mol. The normalized spacial score (nSPS) is 27.2. The standard InChI is InChI=1S/C18H26FN3O2S/c1-14-11-22(8-9-25(24)13-14)18(23)20-10-15-6-7-21(12-15)17-5-3-2-4-16(17)19/h2-5,14-15H,6-13H2,1H3,(H,20,23). The largest absolute Gasteiger partial charge is 0.369 e. The van der Waals surface area contributed by atoms with Crippen molar-refractivity contribution >= 4 is 22.5 Å². The SMILES string of the molecule is CC1CN(C(=O)NCC2CCN(c3ccccc3F)C2)CCS(=O)C1. The molecule has 0 aliphatic carbocycles. The predicted molar refractivity (Wildman–Crippen MR) is 98.7 cm³/mol. The number of urea groups is 1. The van der Waals surface area contributed by atoms with E-state index in [0.29, 0.717) is 42.7 Å². The summed E-state index contributed by atoms with van der Waals surface area (Å²) >= 11 is 0. The minimum Gasteiger partial charge on any atom is -0.369 e. The smallest absolute Gasteiger partial charge is 0.317 e. The van der Waals surface area contributed by atoms with Gasteiger partial charge in [-0.1, -0.05) is 19.1 Å². The molecule has 2 aliphatic heterocycles. The van der Waals surface area contributed by atoms with E-state index in [0.717, 1.165) is 19.5 Å². The van der Waals surface area contributed by atoms with Crippen LogP contribution in [0.25, 0.3) is 0 Å². The van der Waals surface area contributed by atoms with E-state index in [1.54, 1.807) is 17.0 Å². The first-order valence-corrected chi connectivity index (χ1v) is 10.4. The van der Waals surface area contributed by atoms with Crippen molar-refractivity contribution in [1.82, 2.24) is 10.2 Å². The molecule has 0 aromatic heterocycles. The topological polar surface area (TPSA) is 52.7 Å². The average Bonchev–Trinajstić information content (AvgIpc) is 2.98. The van der Waals surface area contributed by atoms with Gasteiger partial charge in [0.05, 0.1) is 5.69 Å². The van der Waals surface area contributed by atoms with Crippen molar-refractivity contribution < 1.29 is 13.4 Å². The molecule has 0 bridgehead atoms. The number of anilines is 1. The van der Waals surface area contributed by atoms with Crippen LogP contribution in [-0.2, 0) is 10.8 Å². The van der Waals surface area contributed by atoms with Crippen molar-refractivity contribution in [2.24, 2.45) is 11.8 Å². The Hall–Kier alpha value is -1.63. The highest BCUT2D eigenvalue weighted by atomic mass is 32.2. The van der Waals surface area contributed by atoms with Crippen LogP contribution in [0, 0.1) is 17.7 Å². The zero-order valence-electron chi connectivity index (χ0n) is 14.6. The van der Waals surface area contributed by atoms with E-state index < -0.39 is 10.8 Å². The predicted octanol–water partition coefficient (Wildman–Crippen LogP) is 2.06. The second kappa shape index (κ2) is 8.17. The van der Waals surface area contributed by atoms with Gasteiger partial charge in [0, 0.05) is 55.0 Å². The van der Waals surface area contributed by atoms with Crippen LogP contribution in [-0.4, -0.2) is 59.4 Å². The van der Waals surface area contributed by atoms with E-state index in [1.807, 2.05) is 17.9 Å². The van der Waals surface area contributed by atoms with E-state index in [9.17, 15) is 13.4 Å². The molecule has 5 nitrogen and oxygen atoms in total. The van der Waals surface area contributed by atoms with E-state index in [-0.39, 0.29) is 17.8 Å². The first-order chi connectivity index (χ1) is 12.0. The molecule has 1 aromatic carbocycles. The molecular weight excluding hydrogens is 341 g/mol. The molecule has 2 fully saturated rings. The second-order valence-corrected chi connectivity index (χ2v) is 8.72. The van der Waals surface area contributed by atoms with Gasteiger partial charge in [-0.2, -0.15) is 0 Å².